The van der Waals surface area contributed by atoms with Crippen molar-refractivity contribution in [3.8, 4) is 0 Å². The van der Waals surface area contributed by atoms with E-state index in [1.165, 1.54) is 45.1 Å². The lowest BCUT2D eigenvalue weighted by Crippen LogP contribution is -2.59. The van der Waals surface area contributed by atoms with Gasteiger partial charge < -0.3 is 5.73 Å². The van der Waals surface area contributed by atoms with Gasteiger partial charge in [-0.1, -0.05) is 13.3 Å². The minimum atomic E-state index is 0.347. The quantitative estimate of drug-likeness (QED) is 0.772. The average molecular weight is 210 g/mol. The summed E-state index contributed by atoms with van der Waals surface area (Å²) in [6, 6.07) is 0.753. The van der Waals surface area contributed by atoms with Crippen molar-refractivity contribution in [1.82, 2.24) is 4.90 Å². The Labute approximate surface area is 94.2 Å². The molecule has 0 bridgehead atoms. The Balaban J connectivity index is 2.14. The van der Waals surface area contributed by atoms with Gasteiger partial charge in [-0.05, 0) is 51.5 Å². The lowest BCUT2D eigenvalue weighted by Gasteiger charge is -2.49. The molecule has 1 aliphatic carbocycles. The summed E-state index contributed by atoms with van der Waals surface area (Å²) >= 11 is 0. The summed E-state index contributed by atoms with van der Waals surface area (Å²) < 4.78 is 0. The molecule has 15 heavy (non-hydrogen) atoms. The molecular formula is C13H26N2. The third-order valence-electron chi connectivity index (χ3n) is 4.68. The summed E-state index contributed by atoms with van der Waals surface area (Å²) in [5.74, 6) is 0.896. The number of hydrogen-bond donors (Lipinski definition) is 1. The van der Waals surface area contributed by atoms with Gasteiger partial charge in [-0.25, -0.2) is 0 Å². The smallest absolute Gasteiger partial charge is 0.0360 e. The molecular weight excluding hydrogens is 184 g/mol. The summed E-state index contributed by atoms with van der Waals surface area (Å²) in [5, 5.41) is 0. The van der Waals surface area contributed by atoms with Crippen LogP contribution in [0.4, 0.5) is 0 Å². The largest absolute Gasteiger partial charge is 0.329 e. The molecule has 0 amide bonds. The predicted molar refractivity (Wildman–Crippen MR) is 64.8 cm³/mol. The molecule has 0 spiro atoms. The number of rotatable bonds is 4. The molecule has 2 heteroatoms. The SMILES string of the molecule is CCC(CN)(C1CC1)N1CCCCC1C. The molecule has 2 rings (SSSR count). The van der Waals surface area contributed by atoms with Crippen molar-refractivity contribution >= 4 is 0 Å². The van der Waals surface area contributed by atoms with Gasteiger partial charge >= 0.3 is 0 Å². The first-order chi connectivity index (χ1) is 7.24. The maximum atomic E-state index is 6.11. The van der Waals surface area contributed by atoms with Crippen LogP contribution < -0.4 is 5.73 Å². The van der Waals surface area contributed by atoms with Crippen LogP contribution in [0.15, 0.2) is 0 Å². The van der Waals surface area contributed by atoms with Crippen molar-refractivity contribution in [2.45, 2.75) is 64.0 Å². The summed E-state index contributed by atoms with van der Waals surface area (Å²) in [5.41, 5.74) is 6.46. The highest BCUT2D eigenvalue weighted by Gasteiger charge is 2.48. The first kappa shape index (κ1) is 11.4. The predicted octanol–water partition coefficient (Wildman–Crippen LogP) is 2.38. The molecule has 1 heterocycles. The van der Waals surface area contributed by atoms with Crippen molar-refractivity contribution in [3.63, 3.8) is 0 Å². The Morgan fingerprint density at radius 3 is 2.47 bits per heavy atom. The zero-order chi connectivity index (χ0) is 10.9. The van der Waals surface area contributed by atoms with E-state index in [9.17, 15) is 0 Å². The highest BCUT2D eigenvalue weighted by molar-refractivity contribution is 5.04. The van der Waals surface area contributed by atoms with E-state index in [1.807, 2.05) is 0 Å². The summed E-state index contributed by atoms with van der Waals surface area (Å²) in [6.45, 7) is 6.86. The zero-order valence-corrected chi connectivity index (χ0v) is 10.3. The van der Waals surface area contributed by atoms with Crippen molar-refractivity contribution in [3.05, 3.63) is 0 Å². The molecule has 1 saturated heterocycles. The second kappa shape index (κ2) is 4.42. The fourth-order valence-electron chi connectivity index (χ4n) is 3.53. The molecule has 0 aromatic heterocycles. The average Bonchev–Trinajstić information content (AvgIpc) is 3.07. The number of hydrogen-bond acceptors (Lipinski definition) is 2. The van der Waals surface area contributed by atoms with Crippen molar-refractivity contribution in [2.75, 3.05) is 13.1 Å². The van der Waals surface area contributed by atoms with Crippen LogP contribution >= 0.6 is 0 Å². The fraction of sp³-hybridized carbons (Fsp3) is 1.00. The molecule has 2 atom stereocenters. The number of piperidine rings is 1. The van der Waals surface area contributed by atoms with Crippen LogP contribution in [-0.2, 0) is 0 Å². The van der Waals surface area contributed by atoms with E-state index in [1.54, 1.807) is 0 Å². The standard InChI is InChI=1S/C13H26N2/c1-3-13(10-14,12-7-8-12)15-9-5-4-6-11(15)2/h11-12H,3-10,14H2,1-2H3. The van der Waals surface area contributed by atoms with Gasteiger partial charge in [0.2, 0.25) is 0 Å². The lowest BCUT2D eigenvalue weighted by molar-refractivity contribution is 0.0107. The molecule has 88 valence electrons. The monoisotopic (exact) mass is 210 g/mol. The molecule has 2 N–H and O–H groups in total. The topological polar surface area (TPSA) is 29.3 Å². The molecule has 1 aliphatic heterocycles. The van der Waals surface area contributed by atoms with Gasteiger partial charge in [0.25, 0.3) is 0 Å². The van der Waals surface area contributed by atoms with E-state index >= 15 is 0 Å². The van der Waals surface area contributed by atoms with Gasteiger partial charge in [-0.3, -0.25) is 4.90 Å². The van der Waals surface area contributed by atoms with Crippen molar-refractivity contribution < 1.29 is 0 Å². The maximum absolute atomic E-state index is 6.11. The van der Waals surface area contributed by atoms with Crippen LogP contribution in [0.3, 0.4) is 0 Å². The molecule has 2 aliphatic rings. The number of nitrogens with two attached hydrogens (primary N) is 1. The highest BCUT2D eigenvalue weighted by Crippen LogP contribution is 2.46. The second-order valence-electron chi connectivity index (χ2n) is 5.47. The van der Waals surface area contributed by atoms with Gasteiger partial charge in [0, 0.05) is 18.1 Å². The van der Waals surface area contributed by atoms with Crippen LogP contribution in [0.1, 0.15) is 52.4 Å². The highest BCUT2D eigenvalue weighted by atomic mass is 15.2. The molecule has 2 unspecified atom stereocenters. The zero-order valence-electron chi connectivity index (χ0n) is 10.3. The van der Waals surface area contributed by atoms with Gasteiger partial charge in [-0.15, -0.1) is 0 Å². The van der Waals surface area contributed by atoms with E-state index in [0.29, 0.717) is 5.54 Å². The van der Waals surface area contributed by atoms with Crippen molar-refractivity contribution in [2.24, 2.45) is 11.7 Å². The van der Waals surface area contributed by atoms with Crippen LogP contribution in [0, 0.1) is 5.92 Å². The molecule has 2 nitrogen and oxygen atoms in total. The van der Waals surface area contributed by atoms with Crippen molar-refractivity contribution in [1.29, 1.82) is 0 Å². The van der Waals surface area contributed by atoms with Crippen LogP contribution in [0.25, 0.3) is 0 Å². The first-order valence-corrected chi connectivity index (χ1v) is 6.71. The van der Waals surface area contributed by atoms with Gasteiger partial charge in [0.05, 0.1) is 0 Å². The first-order valence-electron chi connectivity index (χ1n) is 6.71. The third-order valence-corrected chi connectivity index (χ3v) is 4.68. The van der Waals surface area contributed by atoms with E-state index in [0.717, 1.165) is 18.5 Å². The molecule has 2 fully saturated rings. The van der Waals surface area contributed by atoms with Gasteiger partial charge in [0.1, 0.15) is 0 Å². The Morgan fingerprint density at radius 1 is 1.27 bits per heavy atom. The van der Waals surface area contributed by atoms with E-state index < -0.39 is 0 Å². The number of nitrogens with zero attached hydrogens (tertiary/aromatic N) is 1. The van der Waals surface area contributed by atoms with Crippen LogP contribution in [-0.4, -0.2) is 29.6 Å². The van der Waals surface area contributed by atoms with Gasteiger partial charge in [0.15, 0.2) is 0 Å². The minimum Gasteiger partial charge on any atom is -0.329 e. The maximum Gasteiger partial charge on any atom is 0.0360 e. The minimum absolute atomic E-state index is 0.347. The summed E-state index contributed by atoms with van der Waals surface area (Å²) in [7, 11) is 0. The Bertz CT molecular complexity index is 207. The van der Waals surface area contributed by atoms with E-state index in [2.05, 4.69) is 18.7 Å². The Kier molecular flexibility index (Phi) is 3.36. The summed E-state index contributed by atoms with van der Waals surface area (Å²) in [4.78, 5) is 2.74. The lowest BCUT2D eigenvalue weighted by atomic mass is 9.84. The van der Waals surface area contributed by atoms with Crippen LogP contribution in [0.5, 0.6) is 0 Å². The van der Waals surface area contributed by atoms with Crippen LogP contribution in [0.2, 0.25) is 0 Å². The second-order valence-corrected chi connectivity index (χ2v) is 5.47. The molecule has 0 aromatic rings. The fourth-order valence-corrected chi connectivity index (χ4v) is 3.53. The Morgan fingerprint density at radius 2 is 2.00 bits per heavy atom. The van der Waals surface area contributed by atoms with E-state index in [4.69, 9.17) is 5.73 Å². The van der Waals surface area contributed by atoms with Gasteiger partial charge in [-0.2, -0.15) is 0 Å². The number of likely N-dealkylation sites (tertiary alicyclic amines) is 1. The summed E-state index contributed by atoms with van der Waals surface area (Å²) in [6.07, 6.45) is 8.21. The Hall–Kier alpha value is -0.0800. The molecule has 0 aromatic carbocycles. The third kappa shape index (κ3) is 1.94. The normalized spacial score (nSPS) is 32.6. The molecule has 1 saturated carbocycles. The molecule has 0 radical (unpaired) electrons. The van der Waals surface area contributed by atoms with E-state index in [-0.39, 0.29) is 0 Å².